The molecule has 1 aliphatic rings. The normalized spacial score (nSPS) is 12.9. The van der Waals surface area contributed by atoms with Gasteiger partial charge in [0.15, 0.2) is 11.5 Å². The van der Waals surface area contributed by atoms with Crippen molar-refractivity contribution in [2.45, 2.75) is 45.2 Å². The number of carbonyl (C=O) groups excluding carboxylic acids is 2. The molecule has 0 saturated heterocycles. The second kappa shape index (κ2) is 15.0. The summed E-state index contributed by atoms with van der Waals surface area (Å²) >= 11 is 0. The molecule has 0 aromatic heterocycles. The number of aliphatic carboxylic acids is 2. The summed E-state index contributed by atoms with van der Waals surface area (Å²) in [6.07, 6.45) is 0.0786. The van der Waals surface area contributed by atoms with Crippen LogP contribution in [0, 0.1) is 12.3 Å². The number of hydrogen-bond donors (Lipinski definition) is 5. The summed E-state index contributed by atoms with van der Waals surface area (Å²) in [4.78, 5) is 63.8. The third kappa shape index (κ3) is 8.39. The molecular formula is C32H32ClN3O10. The lowest BCUT2D eigenvalue weighted by atomic mass is 9.98. The fraction of sp³-hybridized carbons (Fsp3) is 0.250. The van der Waals surface area contributed by atoms with Gasteiger partial charge in [0.1, 0.15) is 6.04 Å². The third-order valence-electron chi connectivity index (χ3n) is 7.06. The number of esters is 1. The fourth-order valence-electron chi connectivity index (χ4n) is 5.14. The molecule has 0 bridgehead atoms. The molecule has 0 fully saturated rings. The average molecular weight is 654 g/mol. The van der Waals surface area contributed by atoms with Crippen molar-refractivity contribution in [3.05, 3.63) is 93.5 Å². The lowest BCUT2D eigenvalue weighted by molar-refractivity contribution is -0.149. The first-order chi connectivity index (χ1) is 21.3. The predicted octanol–water partition coefficient (Wildman–Crippen LogP) is 3.71. The fourth-order valence-corrected chi connectivity index (χ4v) is 5.14. The van der Waals surface area contributed by atoms with Crippen molar-refractivity contribution in [1.82, 2.24) is 4.90 Å². The van der Waals surface area contributed by atoms with Crippen molar-refractivity contribution in [1.29, 1.82) is 5.41 Å². The Kier molecular flexibility index (Phi) is 11.5. The van der Waals surface area contributed by atoms with Crippen molar-refractivity contribution in [3.63, 3.8) is 0 Å². The molecule has 46 heavy (non-hydrogen) atoms. The van der Waals surface area contributed by atoms with Gasteiger partial charge in [-0.25, -0.2) is 14.4 Å². The van der Waals surface area contributed by atoms with Crippen LogP contribution in [-0.2, 0) is 29.0 Å². The number of amides is 1. The molecule has 1 aliphatic heterocycles. The van der Waals surface area contributed by atoms with Crippen molar-refractivity contribution in [2.75, 3.05) is 6.61 Å². The number of halogens is 1. The minimum Gasteiger partial charge on any atom is -0.489 e. The van der Waals surface area contributed by atoms with Gasteiger partial charge in [0, 0.05) is 13.0 Å². The number of carbonyl (C=O) groups is 5. The number of nitrogens with one attached hydrogen (secondary N) is 1. The van der Waals surface area contributed by atoms with E-state index in [0.29, 0.717) is 24.0 Å². The second-order valence-electron chi connectivity index (χ2n) is 10.6. The van der Waals surface area contributed by atoms with E-state index in [2.05, 4.69) is 0 Å². The molecule has 1 atom stereocenters. The largest absolute Gasteiger partial charge is 0.489 e. The highest BCUT2D eigenvalue weighted by atomic mass is 35.5. The van der Waals surface area contributed by atoms with Gasteiger partial charge in [-0.1, -0.05) is 24.3 Å². The SMILES string of the molecule is Cc1cc(CN(C(=O)c2cccc3c2OCCCc2cc(CC(=N)N)ccc2C(=O)O3)[C@@H](CC(=O)O)C(=O)O)cc(C(=O)O)c1.Cl. The number of carboxylic acid groups (broad SMARTS) is 3. The molecule has 3 aromatic rings. The molecule has 6 N–H and O–H groups in total. The van der Waals surface area contributed by atoms with Crippen LogP contribution in [-0.4, -0.2) is 68.5 Å². The first kappa shape index (κ1) is 35.1. The van der Waals surface area contributed by atoms with E-state index in [9.17, 15) is 39.3 Å². The van der Waals surface area contributed by atoms with Gasteiger partial charge in [0.25, 0.3) is 5.91 Å². The maximum absolute atomic E-state index is 14.1. The van der Waals surface area contributed by atoms with Gasteiger partial charge in [-0.15, -0.1) is 12.4 Å². The topological polar surface area (TPSA) is 218 Å². The van der Waals surface area contributed by atoms with Crippen LogP contribution in [0.5, 0.6) is 11.5 Å². The van der Waals surface area contributed by atoms with Crippen molar-refractivity contribution in [2.24, 2.45) is 5.73 Å². The minimum absolute atomic E-state index is 0. The number of nitrogens with zero attached hydrogens (tertiary/aromatic N) is 1. The first-order valence-corrected chi connectivity index (χ1v) is 13.9. The van der Waals surface area contributed by atoms with Crippen LogP contribution in [0.1, 0.15) is 66.2 Å². The van der Waals surface area contributed by atoms with E-state index in [1.807, 2.05) is 0 Å². The molecule has 0 spiro atoms. The summed E-state index contributed by atoms with van der Waals surface area (Å²) in [6, 6.07) is 11.6. The molecule has 4 rings (SSSR count). The number of ether oxygens (including phenoxy) is 2. The number of rotatable bonds is 10. The van der Waals surface area contributed by atoms with Gasteiger partial charge in [0.2, 0.25) is 0 Å². The van der Waals surface area contributed by atoms with E-state index in [0.717, 1.165) is 10.5 Å². The Bertz CT molecular complexity index is 1710. The molecule has 0 aliphatic carbocycles. The highest BCUT2D eigenvalue weighted by Gasteiger charge is 2.35. The van der Waals surface area contributed by atoms with Crippen molar-refractivity contribution in [3.8, 4) is 11.5 Å². The van der Waals surface area contributed by atoms with E-state index in [-0.39, 0.29) is 65.0 Å². The zero-order valence-corrected chi connectivity index (χ0v) is 25.5. The third-order valence-corrected chi connectivity index (χ3v) is 7.06. The number of carboxylic acids is 3. The summed E-state index contributed by atoms with van der Waals surface area (Å²) in [5, 5.41) is 36.5. The first-order valence-electron chi connectivity index (χ1n) is 13.9. The standard InChI is InChI=1S/C32H31N3O10.ClH/c1-17-10-19(13-21(11-17)30(39)40)16-35(24(31(41)42)15-27(36)37)29(38)23-5-2-6-25-28(23)44-9-3-4-20-12-18(14-26(33)34)7-8-22(20)32(43)45-25;/h2,5-8,10-13,24H,3-4,9,14-16H2,1H3,(H3,33,34)(H,36,37)(H,39,40)(H,41,42);1H/t24-;/m0./s1. The quantitative estimate of drug-likeness (QED) is 0.0919. The smallest absolute Gasteiger partial charge is 0.343 e. The number of fused-ring (bicyclic) bond motifs is 2. The van der Waals surface area contributed by atoms with Crippen molar-refractivity contribution < 1.29 is 48.8 Å². The number of aromatic carboxylic acids is 1. The highest BCUT2D eigenvalue weighted by Crippen LogP contribution is 2.35. The zero-order valence-electron chi connectivity index (χ0n) is 24.6. The Balaban J connectivity index is 0.00000576. The molecular weight excluding hydrogens is 622 g/mol. The lowest BCUT2D eigenvalue weighted by Crippen LogP contribution is -2.46. The van der Waals surface area contributed by atoms with E-state index in [1.54, 1.807) is 31.2 Å². The maximum Gasteiger partial charge on any atom is 0.343 e. The van der Waals surface area contributed by atoms with Gasteiger partial charge in [-0.2, -0.15) is 0 Å². The molecule has 13 nitrogen and oxygen atoms in total. The Labute approximate surface area is 269 Å². The Morgan fingerprint density at radius 2 is 1.76 bits per heavy atom. The maximum atomic E-state index is 14.1. The summed E-state index contributed by atoms with van der Waals surface area (Å²) in [6.45, 7) is 1.26. The number of aryl methyl sites for hydroxylation is 2. The van der Waals surface area contributed by atoms with Gasteiger partial charge in [-0.05, 0) is 72.4 Å². The summed E-state index contributed by atoms with van der Waals surface area (Å²) in [7, 11) is 0. The van der Waals surface area contributed by atoms with Gasteiger partial charge in [0.05, 0.1) is 35.6 Å². The van der Waals surface area contributed by atoms with Gasteiger partial charge in [-0.3, -0.25) is 15.0 Å². The molecule has 1 heterocycles. The van der Waals surface area contributed by atoms with Crippen LogP contribution in [0.15, 0.2) is 54.6 Å². The predicted molar refractivity (Wildman–Crippen MR) is 166 cm³/mol. The van der Waals surface area contributed by atoms with Gasteiger partial charge < -0.3 is 35.4 Å². The van der Waals surface area contributed by atoms with E-state index < -0.39 is 48.8 Å². The zero-order chi connectivity index (χ0) is 32.8. The molecule has 1 amide bonds. The van der Waals surface area contributed by atoms with Crippen LogP contribution in [0.3, 0.4) is 0 Å². The number of hydrogen-bond acceptors (Lipinski definition) is 8. The minimum atomic E-state index is -1.84. The monoisotopic (exact) mass is 653 g/mol. The van der Waals surface area contributed by atoms with Gasteiger partial charge >= 0.3 is 23.9 Å². The molecule has 0 radical (unpaired) electrons. The van der Waals surface area contributed by atoms with Crippen LogP contribution in [0.25, 0.3) is 0 Å². The second-order valence-corrected chi connectivity index (χ2v) is 10.6. The highest BCUT2D eigenvalue weighted by molar-refractivity contribution is 6.01. The number of nitrogens with two attached hydrogens (primary N) is 1. The van der Waals surface area contributed by atoms with Crippen molar-refractivity contribution >= 4 is 48.0 Å². The van der Waals surface area contributed by atoms with E-state index in [4.69, 9.17) is 20.6 Å². The molecule has 242 valence electrons. The lowest BCUT2D eigenvalue weighted by Gasteiger charge is -2.29. The molecule has 0 saturated carbocycles. The summed E-state index contributed by atoms with van der Waals surface area (Å²) in [5.74, 6) is -6.23. The summed E-state index contributed by atoms with van der Waals surface area (Å²) in [5.41, 5.74) is 7.73. The molecule has 14 heteroatoms. The van der Waals surface area contributed by atoms with Crippen LogP contribution >= 0.6 is 12.4 Å². The van der Waals surface area contributed by atoms with E-state index in [1.165, 1.54) is 30.3 Å². The number of benzene rings is 3. The molecule has 0 unspecified atom stereocenters. The van der Waals surface area contributed by atoms with Crippen LogP contribution < -0.4 is 15.2 Å². The Morgan fingerprint density at radius 3 is 2.41 bits per heavy atom. The van der Waals surface area contributed by atoms with Crippen LogP contribution in [0.2, 0.25) is 0 Å². The Hall–Kier alpha value is -5.43. The van der Waals surface area contributed by atoms with Crippen LogP contribution in [0.4, 0.5) is 0 Å². The molecule has 3 aromatic carbocycles. The average Bonchev–Trinajstić information content (AvgIpc) is 2.96. The van der Waals surface area contributed by atoms with E-state index >= 15 is 0 Å². The Morgan fingerprint density at radius 1 is 1.02 bits per heavy atom. The summed E-state index contributed by atoms with van der Waals surface area (Å²) < 4.78 is 11.6. The number of amidine groups is 1. The number of para-hydroxylation sites is 1.